The lowest BCUT2D eigenvalue weighted by atomic mass is 10.3. The molecular weight excluding hydrogens is 180 g/mol. The van der Waals surface area contributed by atoms with E-state index in [1.54, 1.807) is 12.5 Å². The van der Waals surface area contributed by atoms with E-state index in [4.69, 9.17) is 8.83 Å². The zero-order chi connectivity index (χ0) is 9.80. The molecule has 0 fully saturated rings. The predicted octanol–water partition coefficient (Wildman–Crippen LogP) is 1.58. The van der Waals surface area contributed by atoms with Gasteiger partial charge in [0.05, 0.1) is 18.4 Å². The minimum atomic E-state index is 0.608. The monoisotopic (exact) mass is 192 g/mol. The van der Waals surface area contributed by atoms with Gasteiger partial charge < -0.3 is 14.2 Å². The second-order valence-corrected chi connectivity index (χ2v) is 3.02. The molecule has 0 bridgehead atoms. The number of aromatic nitrogens is 1. The molecule has 1 N–H and O–H groups in total. The molecule has 0 aromatic carbocycles. The van der Waals surface area contributed by atoms with Crippen LogP contribution in [-0.2, 0) is 13.0 Å². The van der Waals surface area contributed by atoms with Crippen molar-refractivity contribution >= 4 is 0 Å². The van der Waals surface area contributed by atoms with Crippen LogP contribution in [0.4, 0.5) is 0 Å². The number of hydrogen-bond acceptors (Lipinski definition) is 4. The van der Waals surface area contributed by atoms with Crippen LogP contribution >= 0.6 is 0 Å². The standard InChI is InChI=1S/C10H12N2O2/c1-11-6-8-7-14-10(12-8)5-9-3-2-4-13-9/h2-4,7,11H,5-6H2,1H3. The Balaban J connectivity index is 2.03. The summed E-state index contributed by atoms with van der Waals surface area (Å²) < 4.78 is 10.5. The molecule has 0 unspecified atom stereocenters. The number of nitrogens with one attached hydrogen (secondary N) is 1. The van der Waals surface area contributed by atoms with Gasteiger partial charge in [0.1, 0.15) is 12.0 Å². The van der Waals surface area contributed by atoms with Gasteiger partial charge in [0.2, 0.25) is 5.89 Å². The summed E-state index contributed by atoms with van der Waals surface area (Å²) in [7, 11) is 1.88. The molecule has 0 aliphatic heterocycles. The van der Waals surface area contributed by atoms with Crippen LogP contribution in [-0.4, -0.2) is 12.0 Å². The summed E-state index contributed by atoms with van der Waals surface area (Å²) in [6.07, 6.45) is 3.91. The van der Waals surface area contributed by atoms with Crippen molar-refractivity contribution < 1.29 is 8.83 Å². The van der Waals surface area contributed by atoms with E-state index in [0.717, 1.165) is 18.0 Å². The SMILES string of the molecule is CNCc1coc(Cc2ccco2)n1. The van der Waals surface area contributed by atoms with E-state index >= 15 is 0 Å². The van der Waals surface area contributed by atoms with Crippen LogP contribution < -0.4 is 5.32 Å². The Labute approximate surface area is 81.9 Å². The van der Waals surface area contributed by atoms with E-state index in [9.17, 15) is 0 Å². The molecule has 0 aliphatic rings. The molecule has 4 nitrogen and oxygen atoms in total. The first-order chi connectivity index (χ1) is 6.88. The topological polar surface area (TPSA) is 51.2 Å². The van der Waals surface area contributed by atoms with E-state index in [1.807, 2.05) is 19.2 Å². The molecule has 74 valence electrons. The fourth-order valence-electron chi connectivity index (χ4n) is 1.25. The highest BCUT2D eigenvalue weighted by Gasteiger charge is 2.05. The highest BCUT2D eigenvalue weighted by atomic mass is 16.3. The van der Waals surface area contributed by atoms with Gasteiger partial charge >= 0.3 is 0 Å². The molecule has 2 heterocycles. The molecule has 0 radical (unpaired) electrons. The highest BCUT2D eigenvalue weighted by Crippen LogP contribution is 2.09. The predicted molar refractivity (Wildman–Crippen MR) is 50.8 cm³/mol. The van der Waals surface area contributed by atoms with Crippen LogP contribution in [0.5, 0.6) is 0 Å². The van der Waals surface area contributed by atoms with E-state index in [1.165, 1.54) is 0 Å². The summed E-state index contributed by atoms with van der Waals surface area (Å²) in [6.45, 7) is 0.724. The van der Waals surface area contributed by atoms with Crippen LogP contribution in [0, 0.1) is 0 Å². The van der Waals surface area contributed by atoms with Gasteiger partial charge in [-0.3, -0.25) is 0 Å². The molecule has 0 atom stereocenters. The molecule has 0 amide bonds. The van der Waals surface area contributed by atoms with Gasteiger partial charge in [-0.15, -0.1) is 0 Å². The van der Waals surface area contributed by atoms with Crippen molar-refractivity contribution in [3.05, 3.63) is 42.0 Å². The Morgan fingerprint density at radius 3 is 3.07 bits per heavy atom. The van der Waals surface area contributed by atoms with Crippen molar-refractivity contribution in [2.24, 2.45) is 0 Å². The second kappa shape index (κ2) is 4.11. The first-order valence-electron chi connectivity index (χ1n) is 4.49. The first-order valence-corrected chi connectivity index (χ1v) is 4.49. The fourth-order valence-corrected chi connectivity index (χ4v) is 1.25. The average molecular weight is 192 g/mol. The van der Waals surface area contributed by atoms with E-state index in [-0.39, 0.29) is 0 Å². The third-order valence-corrected chi connectivity index (χ3v) is 1.86. The fraction of sp³-hybridized carbons (Fsp3) is 0.300. The summed E-state index contributed by atoms with van der Waals surface area (Å²) in [5.41, 5.74) is 0.911. The third-order valence-electron chi connectivity index (χ3n) is 1.86. The molecule has 2 aromatic heterocycles. The van der Waals surface area contributed by atoms with Crippen molar-refractivity contribution in [2.75, 3.05) is 7.05 Å². The molecule has 14 heavy (non-hydrogen) atoms. The minimum Gasteiger partial charge on any atom is -0.469 e. The van der Waals surface area contributed by atoms with Gasteiger partial charge in [-0.25, -0.2) is 4.98 Å². The van der Waals surface area contributed by atoms with E-state index in [0.29, 0.717) is 12.3 Å². The molecule has 2 rings (SSSR count). The second-order valence-electron chi connectivity index (χ2n) is 3.02. The van der Waals surface area contributed by atoms with Crippen LogP contribution in [0.15, 0.2) is 33.5 Å². The Morgan fingerprint density at radius 2 is 2.36 bits per heavy atom. The van der Waals surface area contributed by atoms with Gasteiger partial charge in [0.15, 0.2) is 0 Å². The lowest BCUT2D eigenvalue weighted by molar-refractivity contribution is 0.464. The quantitative estimate of drug-likeness (QED) is 0.799. The van der Waals surface area contributed by atoms with Crippen LogP contribution in [0.3, 0.4) is 0 Å². The lowest BCUT2D eigenvalue weighted by Crippen LogP contribution is -2.05. The maximum atomic E-state index is 5.28. The number of nitrogens with zero attached hydrogens (tertiary/aromatic N) is 1. The molecule has 0 saturated carbocycles. The van der Waals surface area contributed by atoms with E-state index < -0.39 is 0 Å². The van der Waals surface area contributed by atoms with Crippen molar-refractivity contribution in [2.45, 2.75) is 13.0 Å². The average Bonchev–Trinajstić information content (AvgIpc) is 2.79. The van der Waals surface area contributed by atoms with Crippen molar-refractivity contribution in [3.63, 3.8) is 0 Å². The Kier molecular flexibility index (Phi) is 2.65. The molecule has 0 spiro atoms. The first kappa shape index (κ1) is 9.02. The largest absolute Gasteiger partial charge is 0.469 e. The van der Waals surface area contributed by atoms with Crippen molar-refractivity contribution in [1.29, 1.82) is 0 Å². The zero-order valence-electron chi connectivity index (χ0n) is 7.99. The van der Waals surface area contributed by atoms with Gasteiger partial charge in [0, 0.05) is 6.54 Å². The van der Waals surface area contributed by atoms with Gasteiger partial charge in [0.25, 0.3) is 0 Å². The summed E-state index contributed by atoms with van der Waals surface area (Å²) in [5.74, 6) is 1.55. The summed E-state index contributed by atoms with van der Waals surface area (Å²) >= 11 is 0. The summed E-state index contributed by atoms with van der Waals surface area (Å²) in [6, 6.07) is 3.76. The van der Waals surface area contributed by atoms with Gasteiger partial charge in [-0.05, 0) is 19.2 Å². The van der Waals surface area contributed by atoms with Crippen LogP contribution in [0.1, 0.15) is 17.3 Å². The van der Waals surface area contributed by atoms with Crippen molar-refractivity contribution in [3.8, 4) is 0 Å². The minimum absolute atomic E-state index is 0.608. The Morgan fingerprint density at radius 1 is 1.43 bits per heavy atom. The van der Waals surface area contributed by atoms with Gasteiger partial charge in [-0.2, -0.15) is 0 Å². The molecule has 0 saturated heterocycles. The molecular formula is C10H12N2O2. The maximum absolute atomic E-state index is 5.28. The van der Waals surface area contributed by atoms with Crippen LogP contribution in [0.2, 0.25) is 0 Å². The summed E-state index contributed by atoms with van der Waals surface area (Å²) in [4.78, 5) is 4.29. The number of hydrogen-bond donors (Lipinski definition) is 1. The zero-order valence-corrected chi connectivity index (χ0v) is 7.99. The number of rotatable bonds is 4. The number of oxazole rings is 1. The lowest BCUT2D eigenvalue weighted by Gasteiger charge is -1.90. The molecule has 0 aliphatic carbocycles. The molecule has 2 aromatic rings. The van der Waals surface area contributed by atoms with Gasteiger partial charge in [-0.1, -0.05) is 0 Å². The van der Waals surface area contributed by atoms with Crippen molar-refractivity contribution in [1.82, 2.24) is 10.3 Å². The third kappa shape index (κ3) is 2.03. The van der Waals surface area contributed by atoms with E-state index in [2.05, 4.69) is 10.3 Å². The Hall–Kier alpha value is -1.55. The summed E-state index contributed by atoms with van der Waals surface area (Å²) in [5, 5.41) is 3.01. The smallest absolute Gasteiger partial charge is 0.201 e. The van der Waals surface area contributed by atoms with Crippen LogP contribution in [0.25, 0.3) is 0 Å². The number of furan rings is 1. The normalized spacial score (nSPS) is 10.6. The maximum Gasteiger partial charge on any atom is 0.201 e. The highest BCUT2D eigenvalue weighted by molar-refractivity contribution is 5.06. The molecule has 4 heteroatoms. The Bertz CT molecular complexity index is 378.